The molecule has 0 N–H and O–H groups in total. The van der Waals surface area contributed by atoms with Crippen molar-refractivity contribution >= 4 is 5.97 Å². The monoisotopic (exact) mass is 446 g/mol. The molecule has 0 saturated carbocycles. The molecule has 0 atom stereocenters. The van der Waals surface area contributed by atoms with Gasteiger partial charge in [-0.3, -0.25) is 0 Å². The molecule has 0 aliphatic carbocycles. The van der Waals surface area contributed by atoms with Gasteiger partial charge in [0.15, 0.2) is 0 Å². The van der Waals surface area contributed by atoms with Crippen LogP contribution < -0.4 is 10.2 Å². The van der Waals surface area contributed by atoms with E-state index in [-0.39, 0.29) is 39.2 Å². The number of rotatable bonds is 17. The summed E-state index contributed by atoms with van der Waals surface area (Å²) in [4.78, 5) is 10.2. The summed E-state index contributed by atoms with van der Waals surface area (Å²) in [5.41, 5.74) is 0. The van der Waals surface area contributed by atoms with Gasteiger partial charge in [-0.25, -0.2) is 0 Å². The van der Waals surface area contributed by atoms with E-state index in [0.717, 1.165) is 31.6 Å². The van der Waals surface area contributed by atoms with Crippen LogP contribution in [0, 0.1) is 5.92 Å². The van der Waals surface area contributed by atoms with Gasteiger partial charge in [-0.1, -0.05) is 111 Å². The summed E-state index contributed by atoms with van der Waals surface area (Å²) < 4.78 is 0. The largest absolute Gasteiger partial charge is 2.00 e. The Labute approximate surface area is 182 Å². The molecule has 0 amide bonds. The van der Waals surface area contributed by atoms with E-state index in [1.165, 1.54) is 70.6 Å². The number of carboxylic acid groups (broad SMARTS) is 1. The Kier molecular flexibility index (Phi) is 32.8. The van der Waals surface area contributed by atoms with Gasteiger partial charge < -0.3 is 15.0 Å². The van der Waals surface area contributed by atoms with Gasteiger partial charge in [-0.05, 0) is 18.8 Å². The first-order chi connectivity index (χ1) is 12.0. The molecule has 3 nitrogen and oxygen atoms in total. The number of aliphatic carboxylic acids is 1. The second-order valence-corrected chi connectivity index (χ2v) is 7.60. The predicted octanol–water partition coefficient (Wildman–Crippen LogP) is 5.00. The molecule has 154 valence electrons. The maximum Gasteiger partial charge on any atom is 2.00 e. The molecule has 26 heavy (non-hydrogen) atoms. The predicted molar refractivity (Wildman–Crippen MR) is 104 cm³/mol. The molecule has 0 radical (unpaired) electrons. The molecule has 0 fully saturated rings. The van der Waals surface area contributed by atoms with E-state index in [2.05, 4.69) is 13.8 Å². The minimum absolute atomic E-state index is 0. The van der Waals surface area contributed by atoms with Crippen molar-refractivity contribution in [3.8, 4) is 0 Å². The van der Waals surface area contributed by atoms with E-state index < -0.39 is 5.97 Å². The Bertz CT molecular complexity index is 256. The molecule has 0 rings (SSSR count). The van der Waals surface area contributed by atoms with Crippen LogP contribution >= 0.6 is 0 Å². The average molecular weight is 448 g/mol. The molecular weight excluding hydrogens is 403 g/mol. The van der Waals surface area contributed by atoms with Crippen molar-refractivity contribution in [2.24, 2.45) is 5.92 Å². The molecule has 0 spiro atoms. The van der Waals surface area contributed by atoms with E-state index in [1.54, 1.807) is 0 Å². The van der Waals surface area contributed by atoms with Crippen molar-refractivity contribution in [2.45, 2.75) is 124 Å². The van der Waals surface area contributed by atoms with Crippen molar-refractivity contribution in [3.63, 3.8) is 0 Å². The fraction of sp³-hybridized carbons (Fsp3) is 0.955. The van der Waals surface area contributed by atoms with Crippen molar-refractivity contribution in [1.29, 1.82) is 0 Å². The fourth-order valence-electron chi connectivity index (χ4n) is 2.73. The average Bonchev–Trinajstić information content (AvgIpc) is 2.56. The topological polar surface area (TPSA) is 63.2 Å². The van der Waals surface area contributed by atoms with Gasteiger partial charge in [-0.15, -0.1) is 6.61 Å². The first-order valence-electron chi connectivity index (χ1n) is 10.8. The second-order valence-electron chi connectivity index (χ2n) is 7.60. The molecule has 0 aliphatic rings. The summed E-state index contributed by atoms with van der Waals surface area (Å²) in [5.74, 6) is -0.0415. The normalized spacial score (nSPS) is 10.2. The van der Waals surface area contributed by atoms with Crippen LogP contribution in [0.1, 0.15) is 124 Å². The summed E-state index contributed by atoms with van der Waals surface area (Å²) in [6, 6.07) is 0. The van der Waals surface area contributed by atoms with Crippen LogP contribution in [0.4, 0.5) is 0 Å². The molecule has 0 bridgehead atoms. The minimum atomic E-state index is -0.904. The standard InChI is InChI=1S/C18H36O2.C4H9O.Zr/c1-17(2)15-13-11-9-7-5-3-4-6-8-10-12-14-16-18(19)20;1-2-3-4-5;/h17H,3-16H2,1-2H3,(H,19,20);2-4H2,1H3;/q;-1;+2/p-1. The Morgan fingerprint density at radius 2 is 1.12 bits per heavy atom. The minimum Gasteiger partial charge on any atom is -0.854 e. The molecule has 4 heteroatoms. The van der Waals surface area contributed by atoms with Gasteiger partial charge in [0.25, 0.3) is 0 Å². The summed E-state index contributed by atoms with van der Waals surface area (Å²) in [5, 5.41) is 19.8. The molecular formula is C22H44O3Zr. The molecule has 0 aromatic carbocycles. The third kappa shape index (κ3) is 35.4. The molecule has 0 unspecified atom stereocenters. The van der Waals surface area contributed by atoms with E-state index in [4.69, 9.17) is 0 Å². The van der Waals surface area contributed by atoms with Crippen molar-refractivity contribution < 1.29 is 41.2 Å². The van der Waals surface area contributed by atoms with Gasteiger partial charge in [-0.2, -0.15) is 0 Å². The molecule has 0 aromatic heterocycles. The van der Waals surface area contributed by atoms with Crippen molar-refractivity contribution in [2.75, 3.05) is 6.61 Å². The van der Waals surface area contributed by atoms with Crippen LogP contribution in [0.3, 0.4) is 0 Å². The number of carbonyl (C=O) groups is 1. The zero-order valence-corrected chi connectivity index (χ0v) is 20.3. The zero-order chi connectivity index (χ0) is 19.2. The molecule has 0 heterocycles. The van der Waals surface area contributed by atoms with Crippen LogP contribution in [0.2, 0.25) is 0 Å². The van der Waals surface area contributed by atoms with Gasteiger partial charge in [0, 0.05) is 5.97 Å². The third-order valence-corrected chi connectivity index (χ3v) is 4.41. The molecule has 0 aliphatic heterocycles. The van der Waals surface area contributed by atoms with Crippen LogP contribution in [0.5, 0.6) is 0 Å². The van der Waals surface area contributed by atoms with Crippen LogP contribution in [0.25, 0.3) is 0 Å². The van der Waals surface area contributed by atoms with E-state index in [0.29, 0.717) is 0 Å². The van der Waals surface area contributed by atoms with Gasteiger partial charge in [0.1, 0.15) is 0 Å². The summed E-state index contributed by atoms with van der Waals surface area (Å²) in [6.07, 6.45) is 18.9. The van der Waals surface area contributed by atoms with Crippen LogP contribution in [-0.2, 0) is 31.0 Å². The Morgan fingerprint density at radius 1 is 0.731 bits per heavy atom. The Morgan fingerprint density at radius 3 is 1.38 bits per heavy atom. The Hall–Kier alpha value is 0.313. The number of hydrogen-bond donors (Lipinski definition) is 0. The van der Waals surface area contributed by atoms with E-state index in [9.17, 15) is 15.0 Å². The van der Waals surface area contributed by atoms with Crippen molar-refractivity contribution in [3.05, 3.63) is 0 Å². The summed E-state index contributed by atoms with van der Waals surface area (Å²) in [6.45, 7) is 6.71. The Balaban J connectivity index is -0.000000772. The van der Waals surface area contributed by atoms with Crippen molar-refractivity contribution in [1.82, 2.24) is 0 Å². The van der Waals surface area contributed by atoms with Gasteiger partial charge >= 0.3 is 26.2 Å². The molecule has 0 saturated heterocycles. The fourth-order valence-corrected chi connectivity index (χ4v) is 2.73. The number of carboxylic acids is 1. The van der Waals surface area contributed by atoms with Crippen LogP contribution in [-0.4, -0.2) is 12.6 Å². The maximum absolute atomic E-state index is 10.2. The second kappa shape index (κ2) is 27.5. The SMILES string of the molecule is CC(C)CCCCCCCCCCCCCCC(=O)[O-].CCCC[O-].[Zr+2]. The number of unbranched alkanes of at least 4 members (excludes halogenated alkanes) is 12. The zero-order valence-electron chi connectivity index (χ0n) is 17.8. The maximum atomic E-state index is 10.2. The van der Waals surface area contributed by atoms with E-state index in [1.807, 2.05) is 6.92 Å². The number of hydrogen-bond acceptors (Lipinski definition) is 3. The third-order valence-electron chi connectivity index (χ3n) is 4.41. The first-order valence-corrected chi connectivity index (χ1v) is 10.8. The molecule has 0 aromatic rings. The summed E-state index contributed by atoms with van der Waals surface area (Å²) in [7, 11) is 0. The van der Waals surface area contributed by atoms with E-state index >= 15 is 0 Å². The summed E-state index contributed by atoms with van der Waals surface area (Å²) >= 11 is 0. The quantitative estimate of drug-likeness (QED) is 0.295. The van der Waals surface area contributed by atoms with Gasteiger partial charge in [0.05, 0.1) is 0 Å². The van der Waals surface area contributed by atoms with Crippen LogP contribution in [0.15, 0.2) is 0 Å². The van der Waals surface area contributed by atoms with Gasteiger partial charge in [0.2, 0.25) is 0 Å². The number of carbonyl (C=O) groups excluding carboxylic acids is 1. The first kappa shape index (κ1) is 31.0. The smallest absolute Gasteiger partial charge is 0.854 e.